The minimum Gasteiger partial charge on any atom is -0.493 e. The van der Waals surface area contributed by atoms with E-state index in [1.54, 1.807) is 38.5 Å². The molecule has 0 radical (unpaired) electrons. The fourth-order valence-electron chi connectivity index (χ4n) is 3.51. The molecule has 0 aliphatic carbocycles. The average Bonchev–Trinajstić information content (AvgIpc) is 2.96. The molecule has 1 N–H and O–H groups in total. The molecule has 1 aliphatic rings. The summed E-state index contributed by atoms with van der Waals surface area (Å²) in [5.74, 6) is 1.48. The van der Waals surface area contributed by atoms with Gasteiger partial charge in [0.2, 0.25) is 10.0 Å². The number of methoxy groups -OCH3 is 2. The highest BCUT2D eigenvalue weighted by Crippen LogP contribution is 2.33. The van der Waals surface area contributed by atoms with Crippen LogP contribution >= 0.6 is 0 Å². The molecule has 0 saturated heterocycles. The summed E-state index contributed by atoms with van der Waals surface area (Å²) < 4.78 is 42.0. The second-order valence-corrected chi connectivity index (χ2v) is 9.19. The topological polar surface area (TPSA) is 94.2 Å². The highest BCUT2D eigenvalue weighted by Gasteiger charge is 2.30. The number of carbonyl (C=O) groups is 1. The van der Waals surface area contributed by atoms with E-state index in [4.69, 9.17) is 14.2 Å². The number of fused-ring (bicyclic) bond motifs is 1. The molecule has 0 saturated carbocycles. The summed E-state index contributed by atoms with van der Waals surface area (Å²) in [7, 11) is -0.283. The van der Waals surface area contributed by atoms with Crippen LogP contribution in [0.3, 0.4) is 0 Å². The van der Waals surface area contributed by atoms with E-state index in [9.17, 15) is 13.2 Å². The summed E-state index contributed by atoms with van der Waals surface area (Å²) in [6, 6.07) is 12.6. The van der Waals surface area contributed by atoms with Crippen molar-refractivity contribution in [2.75, 3.05) is 37.9 Å². The van der Waals surface area contributed by atoms with Crippen molar-refractivity contribution in [2.24, 2.45) is 0 Å². The van der Waals surface area contributed by atoms with Gasteiger partial charge in [0.05, 0.1) is 26.2 Å². The van der Waals surface area contributed by atoms with Gasteiger partial charge < -0.3 is 19.5 Å². The van der Waals surface area contributed by atoms with Crippen LogP contribution in [-0.2, 0) is 21.2 Å². The molecule has 1 amide bonds. The number of anilines is 1. The maximum absolute atomic E-state index is 12.7. The zero-order valence-electron chi connectivity index (χ0n) is 18.0. The van der Waals surface area contributed by atoms with E-state index in [0.29, 0.717) is 29.5 Å². The van der Waals surface area contributed by atoms with Gasteiger partial charge in [0.15, 0.2) is 17.6 Å². The van der Waals surface area contributed by atoms with E-state index in [1.165, 1.54) is 4.31 Å². The molecule has 0 spiro atoms. The van der Waals surface area contributed by atoms with Crippen molar-refractivity contribution in [3.05, 3.63) is 48.0 Å². The number of hydrogen-bond acceptors (Lipinski definition) is 6. The van der Waals surface area contributed by atoms with Gasteiger partial charge in [-0.3, -0.25) is 9.10 Å². The minimum absolute atomic E-state index is 0.180. The number of carbonyl (C=O) groups excluding carboxylic acids is 1. The molecule has 1 heterocycles. The summed E-state index contributed by atoms with van der Waals surface area (Å²) in [6.07, 6.45) is 2.16. The van der Waals surface area contributed by atoms with Crippen molar-refractivity contribution in [1.82, 2.24) is 5.32 Å². The largest absolute Gasteiger partial charge is 0.493 e. The van der Waals surface area contributed by atoms with Crippen molar-refractivity contribution in [3.63, 3.8) is 0 Å². The first-order chi connectivity index (χ1) is 14.8. The van der Waals surface area contributed by atoms with Crippen molar-refractivity contribution < 1.29 is 27.4 Å². The van der Waals surface area contributed by atoms with E-state index in [0.717, 1.165) is 24.7 Å². The van der Waals surface area contributed by atoms with E-state index in [2.05, 4.69) is 5.32 Å². The normalized spacial score (nSPS) is 16.0. The third kappa shape index (κ3) is 5.61. The van der Waals surface area contributed by atoms with Crippen molar-refractivity contribution >= 4 is 21.6 Å². The Labute approximate surface area is 183 Å². The number of nitrogens with zero attached hydrogens (tertiary/aromatic N) is 1. The Hall–Kier alpha value is -2.94. The third-order valence-corrected chi connectivity index (χ3v) is 6.26. The zero-order valence-corrected chi connectivity index (χ0v) is 18.8. The van der Waals surface area contributed by atoms with Gasteiger partial charge in [-0.15, -0.1) is 0 Å². The average molecular weight is 449 g/mol. The fourth-order valence-corrected chi connectivity index (χ4v) is 4.46. The van der Waals surface area contributed by atoms with Crippen LogP contribution in [0.5, 0.6) is 17.2 Å². The third-order valence-electron chi connectivity index (χ3n) is 5.08. The Balaban J connectivity index is 1.57. The van der Waals surface area contributed by atoms with E-state index in [-0.39, 0.29) is 18.9 Å². The van der Waals surface area contributed by atoms with Gasteiger partial charge in [0.1, 0.15) is 5.75 Å². The monoisotopic (exact) mass is 448 g/mol. The highest BCUT2D eigenvalue weighted by atomic mass is 32.2. The number of ether oxygens (including phenoxy) is 3. The van der Waals surface area contributed by atoms with Crippen LogP contribution in [-0.4, -0.2) is 54.0 Å². The van der Waals surface area contributed by atoms with Crippen LogP contribution in [0.2, 0.25) is 0 Å². The first-order valence-corrected chi connectivity index (χ1v) is 11.9. The molecular weight excluding hydrogens is 420 g/mol. The molecule has 8 nitrogen and oxygen atoms in total. The summed E-state index contributed by atoms with van der Waals surface area (Å²) in [5.41, 5.74) is 1.53. The first kappa shape index (κ1) is 22.7. The van der Waals surface area contributed by atoms with Gasteiger partial charge in [-0.25, -0.2) is 8.42 Å². The number of sulfonamides is 1. The summed E-state index contributed by atoms with van der Waals surface area (Å²) in [5, 5.41) is 2.90. The van der Waals surface area contributed by atoms with Crippen LogP contribution in [0.4, 0.5) is 5.69 Å². The Morgan fingerprint density at radius 1 is 1.16 bits per heavy atom. The molecule has 0 unspecified atom stereocenters. The Morgan fingerprint density at radius 2 is 1.90 bits per heavy atom. The lowest BCUT2D eigenvalue weighted by Gasteiger charge is -2.20. The second-order valence-electron chi connectivity index (χ2n) is 7.28. The van der Waals surface area contributed by atoms with E-state index < -0.39 is 16.1 Å². The van der Waals surface area contributed by atoms with Crippen LogP contribution in [0.1, 0.15) is 18.4 Å². The lowest BCUT2D eigenvalue weighted by molar-refractivity contribution is -0.128. The summed E-state index contributed by atoms with van der Waals surface area (Å²) in [6.45, 7) is 0.657. The highest BCUT2D eigenvalue weighted by molar-refractivity contribution is 7.92. The quantitative estimate of drug-likeness (QED) is 0.623. The second kappa shape index (κ2) is 9.91. The predicted molar refractivity (Wildman–Crippen MR) is 119 cm³/mol. The molecule has 31 heavy (non-hydrogen) atoms. The molecule has 0 bridgehead atoms. The molecule has 2 aromatic carbocycles. The Morgan fingerprint density at radius 3 is 2.61 bits per heavy atom. The smallest absolute Gasteiger partial charge is 0.261 e. The van der Waals surface area contributed by atoms with Gasteiger partial charge in [0, 0.05) is 19.5 Å². The molecule has 0 aromatic heterocycles. The van der Waals surface area contributed by atoms with Gasteiger partial charge >= 0.3 is 0 Å². The van der Waals surface area contributed by atoms with Crippen molar-refractivity contribution in [2.45, 2.75) is 25.4 Å². The number of amides is 1. The van der Waals surface area contributed by atoms with Crippen LogP contribution in [0.25, 0.3) is 0 Å². The van der Waals surface area contributed by atoms with E-state index in [1.807, 2.05) is 18.2 Å². The molecule has 3 rings (SSSR count). The van der Waals surface area contributed by atoms with E-state index >= 15 is 0 Å². The number of rotatable bonds is 8. The van der Waals surface area contributed by atoms with Gasteiger partial charge in [-0.1, -0.05) is 18.2 Å². The maximum atomic E-state index is 12.7. The van der Waals surface area contributed by atoms with Gasteiger partial charge in [-0.05, 0) is 42.7 Å². The number of benzene rings is 2. The number of para-hydroxylation sites is 2. The van der Waals surface area contributed by atoms with Crippen molar-refractivity contribution in [3.8, 4) is 17.2 Å². The maximum Gasteiger partial charge on any atom is 0.261 e. The van der Waals surface area contributed by atoms with Crippen LogP contribution in [0, 0.1) is 0 Å². The minimum atomic E-state index is -3.47. The molecule has 1 atom stereocenters. The van der Waals surface area contributed by atoms with Crippen LogP contribution < -0.4 is 23.8 Å². The summed E-state index contributed by atoms with van der Waals surface area (Å²) in [4.78, 5) is 12.7. The predicted octanol–water partition coefficient (Wildman–Crippen LogP) is 2.37. The molecule has 9 heteroatoms. The molecule has 1 aliphatic heterocycles. The zero-order chi connectivity index (χ0) is 22.4. The standard InChI is InChI=1S/C22H28N2O6S/c1-28-19-11-10-16(15-21(19)29-2)7-6-13-23-22(25)20-12-14-24(31(3,26)27)17-8-4-5-9-18(17)30-20/h4-5,8-11,15,20H,6-7,12-14H2,1-3H3,(H,23,25)/t20-/m0/s1. The SMILES string of the molecule is COc1ccc(CCCNC(=O)[C@@H]2CCN(S(C)(=O)=O)c3ccccc3O2)cc1OC. The Kier molecular flexibility index (Phi) is 7.27. The fraction of sp³-hybridized carbons (Fsp3) is 0.409. The summed E-state index contributed by atoms with van der Waals surface area (Å²) >= 11 is 0. The molecule has 2 aromatic rings. The number of hydrogen-bond donors (Lipinski definition) is 1. The number of nitrogens with one attached hydrogen (secondary N) is 1. The van der Waals surface area contributed by atoms with Gasteiger partial charge in [0.25, 0.3) is 5.91 Å². The molecule has 0 fully saturated rings. The van der Waals surface area contributed by atoms with Gasteiger partial charge in [-0.2, -0.15) is 0 Å². The molecular formula is C22H28N2O6S. The Bertz CT molecular complexity index is 1020. The lowest BCUT2D eigenvalue weighted by Crippen LogP contribution is -2.40. The van der Waals surface area contributed by atoms with Crippen molar-refractivity contribution in [1.29, 1.82) is 0 Å². The lowest BCUT2D eigenvalue weighted by atomic mass is 10.1. The number of aryl methyl sites for hydroxylation is 1. The first-order valence-electron chi connectivity index (χ1n) is 10.1. The van der Waals surface area contributed by atoms with Crippen LogP contribution in [0.15, 0.2) is 42.5 Å². The molecule has 168 valence electrons.